The summed E-state index contributed by atoms with van der Waals surface area (Å²) in [6.45, 7) is 0. The molecule has 1 unspecified atom stereocenters. The molecule has 9 heteroatoms. The molecule has 0 aromatic carbocycles. The van der Waals surface area contributed by atoms with Crippen molar-refractivity contribution in [2.45, 2.75) is 5.37 Å². The number of carboxylic acid groups (broad SMARTS) is 1. The number of hydrogen-bond donors (Lipinski definition) is 0. The summed E-state index contributed by atoms with van der Waals surface area (Å²) in [6, 6.07) is 0. The Bertz CT molecular complexity index is 794. The molecule has 100 valence electrons. The van der Waals surface area contributed by atoms with Crippen LogP contribution >= 0.6 is 23.1 Å². The van der Waals surface area contributed by atoms with Crippen molar-refractivity contribution in [1.29, 1.82) is 0 Å². The number of nitrogens with zero attached hydrogens (tertiary/aromatic N) is 3. The third-order valence-electron chi connectivity index (χ3n) is 3.16. The number of hydrogen-bond acceptors (Lipinski definition) is 6. The van der Waals surface area contributed by atoms with Crippen LogP contribution in [0.25, 0.3) is 11.0 Å². The average Bonchev–Trinajstić information content (AvgIpc) is 3.07. The second-order valence-corrected chi connectivity index (χ2v) is 6.14. The molecule has 21 heavy (non-hydrogen) atoms. The van der Waals surface area contributed by atoms with Crippen LogP contribution < -0.4 is 34.7 Å². The van der Waals surface area contributed by atoms with Gasteiger partial charge in [-0.05, 0) is 11.5 Å². The molecule has 6 nitrogen and oxygen atoms in total. The Morgan fingerprint density at radius 1 is 1.48 bits per heavy atom. The summed E-state index contributed by atoms with van der Waals surface area (Å²) in [7, 11) is 0. The van der Waals surface area contributed by atoms with Crippen molar-refractivity contribution in [2.24, 2.45) is 0 Å². The molecule has 0 N–H and O–H groups in total. The number of amides is 1. The maximum absolute atomic E-state index is 12.0. The van der Waals surface area contributed by atoms with Gasteiger partial charge in [0, 0.05) is 17.8 Å². The molecular weight excluding hydrogens is 321 g/mol. The number of aliphatic carboxylic acids is 1. The molecule has 0 radical (unpaired) electrons. The first-order valence-corrected chi connectivity index (χ1v) is 7.52. The predicted molar refractivity (Wildman–Crippen MR) is 72.4 cm³/mol. The number of carboxylic acids is 1. The minimum Gasteiger partial charge on any atom is -0.543 e. The molecule has 0 bridgehead atoms. The Morgan fingerprint density at radius 3 is 3.00 bits per heavy atom. The summed E-state index contributed by atoms with van der Waals surface area (Å²) < 4.78 is 1.88. The number of rotatable bonds is 2. The van der Waals surface area contributed by atoms with Gasteiger partial charge in [-0.2, -0.15) is 0 Å². The Kier molecular flexibility index (Phi) is 3.74. The van der Waals surface area contributed by atoms with E-state index in [-0.39, 0.29) is 46.5 Å². The number of thioether (sulfide) groups is 1. The summed E-state index contributed by atoms with van der Waals surface area (Å²) >= 11 is 2.80. The number of carbonyl (C=O) groups excluding carboxylic acids is 2. The summed E-state index contributed by atoms with van der Waals surface area (Å²) in [5.41, 5.74) is 1.20. The van der Waals surface area contributed by atoms with Crippen LogP contribution in [0, 0.1) is 0 Å². The summed E-state index contributed by atoms with van der Waals surface area (Å²) in [6.07, 6.45) is 5.44. The van der Waals surface area contributed by atoms with Crippen LogP contribution in [0.2, 0.25) is 0 Å². The van der Waals surface area contributed by atoms with E-state index in [1.54, 1.807) is 6.08 Å². The first-order valence-electron chi connectivity index (χ1n) is 5.69. The third kappa shape index (κ3) is 2.18. The van der Waals surface area contributed by atoms with E-state index >= 15 is 0 Å². The predicted octanol–water partition coefficient (Wildman–Crippen LogP) is -2.71. The fourth-order valence-corrected chi connectivity index (χ4v) is 4.05. The van der Waals surface area contributed by atoms with Gasteiger partial charge in [0.05, 0.1) is 22.9 Å². The fourth-order valence-electron chi connectivity index (χ4n) is 2.23. The molecule has 0 saturated carbocycles. The molecule has 1 saturated heterocycles. The zero-order valence-corrected chi connectivity index (χ0v) is 14.5. The Labute approximate surface area is 149 Å². The SMILES string of the molecule is O=C([O-])C1=CSC2/C(=C\c3cn4ccsc4n3)C(=O)N12.[Na+]. The first kappa shape index (κ1) is 14.9. The standard InChI is InChI=1S/C12H7N3O3S2.Na/c16-9-7(10-15(9)8(5-20-10)11(17)18)3-6-4-14-1-2-19-12(14)13-6;/h1-5,10H,(H,17,18);/q;+1/p-1/b7-3-;. The average molecular weight is 327 g/mol. The van der Waals surface area contributed by atoms with Gasteiger partial charge in [-0.25, -0.2) is 4.98 Å². The zero-order valence-electron chi connectivity index (χ0n) is 10.8. The van der Waals surface area contributed by atoms with E-state index in [4.69, 9.17) is 0 Å². The van der Waals surface area contributed by atoms with Crippen LogP contribution in [0.15, 0.2) is 34.5 Å². The van der Waals surface area contributed by atoms with Gasteiger partial charge < -0.3 is 9.90 Å². The molecule has 0 spiro atoms. The molecule has 4 rings (SSSR count). The molecule has 2 aliphatic rings. The van der Waals surface area contributed by atoms with E-state index in [1.165, 1.54) is 33.4 Å². The van der Waals surface area contributed by atoms with E-state index in [9.17, 15) is 14.7 Å². The minimum absolute atomic E-state index is 0. The van der Waals surface area contributed by atoms with E-state index in [0.29, 0.717) is 11.3 Å². The normalized spacial score (nSPS) is 22.0. The summed E-state index contributed by atoms with van der Waals surface area (Å²) in [5, 5.41) is 14.0. The van der Waals surface area contributed by atoms with Crippen LogP contribution in [0.4, 0.5) is 0 Å². The van der Waals surface area contributed by atoms with Gasteiger partial charge in [-0.3, -0.25) is 14.1 Å². The smallest absolute Gasteiger partial charge is 0.543 e. The molecule has 1 atom stereocenters. The Hall–Kier alpha value is -1.06. The van der Waals surface area contributed by atoms with Crippen LogP contribution in [0.1, 0.15) is 5.69 Å². The van der Waals surface area contributed by atoms with E-state index in [1.807, 2.05) is 22.2 Å². The molecule has 2 aromatic rings. The quantitative estimate of drug-likeness (QED) is 0.341. The number of fused-ring (bicyclic) bond motifs is 2. The molecule has 1 fully saturated rings. The summed E-state index contributed by atoms with van der Waals surface area (Å²) in [5.74, 6) is -1.62. The van der Waals surface area contributed by atoms with E-state index in [2.05, 4.69) is 4.98 Å². The van der Waals surface area contributed by atoms with Crippen LogP contribution in [-0.2, 0) is 9.59 Å². The number of β-lactam (4-membered cyclic amide) rings is 1. The summed E-state index contributed by atoms with van der Waals surface area (Å²) in [4.78, 5) is 29.3. The first-order chi connectivity index (χ1) is 9.65. The second-order valence-electron chi connectivity index (χ2n) is 4.31. The Balaban J connectivity index is 0.00000132. The molecule has 0 aliphatic carbocycles. The zero-order chi connectivity index (χ0) is 13.9. The van der Waals surface area contributed by atoms with Gasteiger partial charge in [0.2, 0.25) is 0 Å². The van der Waals surface area contributed by atoms with Gasteiger partial charge in [-0.1, -0.05) is 0 Å². The number of thiazole rings is 1. The van der Waals surface area contributed by atoms with Gasteiger partial charge in [0.15, 0.2) is 4.96 Å². The van der Waals surface area contributed by atoms with Gasteiger partial charge in [-0.15, -0.1) is 23.1 Å². The topological polar surface area (TPSA) is 77.7 Å². The maximum atomic E-state index is 12.0. The van der Waals surface area contributed by atoms with Gasteiger partial charge >= 0.3 is 29.6 Å². The second kappa shape index (κ2) is 5.29. The molecule has 2 aliphatic heterocycles. The van der Waals surface area contributed by atoms with Crippen molar-refractivity contribution in [2.75, 3.05) is 0 Å². The third-order valence-corrected chi connectivity index (χ3v) is 5.01. The van der Waals surface area contributed by atoms with Crippen molar-refractivity contribution in [1.82, 2.24) is 14.3 Å². The van der Waals surface area contributed by atoms with Crippen LogP contribution in [-0.4, -0.2) is 31.5 Å². The van der Waals surface area contributed by atoms with Crippen LogP contribution in [0.3, 0.4) is 0 Å². The van der Waals surface area contributed by atoms with E-state index < -0.39 is 5.97 Å². The monoisotopic (exact) mass is 327 g/mol. The van der Waals surface area contributed by atoms with Crippen molar-refractivity contribution >= 4 is 46.0 Å². The fraction of sp³-hybridized carbons (Fsp3) is 0.0833. The number of carbonyl (C=O) groups is 2. The maximum Gasteiger partial charge on any atom is 1.00 e. The van der Waals surface area contributed by atoms with Gasteiger partial charge in [0.1, 0.15) is 5.37 Å². The molecular formula is C12H6N3NaO3S2. The largest absolute Gasteiger partial charge is 1.00 e. The minimum atomic E-state index is -1.32. The van der Waals surface area contributed by atoms with Crippen molar-refractivity contribution < 1.29 is 44.3 Å². The van der Waals surface area contributed by atoms with Crippen molar-refractivity contribution in [3.63, 3.8) is 0 Å². The van der Waals surface area contributed by atoms with Crippen molar-refractivity contribution in [3.8, 4) is 0 Å². The molecule has 4 heterocycles. The number of aromatic nitrogens is 2. The Morgan fingerprint density at radius 2 is 2.29 bits per heavy atom. The van der Waals surface area contributed by atoms with Crippen molar-refractivity contribution in [3.05, 3.63) is 40.1 Å². The molecule has 2 aromatic heterocycles. The molecule has 1 amide bonds. The van der Waals surface area contributed by atoms with Gasteiger partial charge in [0.25, 0.3) is 5.91 Å². The number of imidazole rings is 1. The van der Waals surface area contributed by atoms with E-state index in [0.717, 1.165) is 4.96 Å². The van der Waals surface area contributed by atoms with Crippen LogP contribution in [0.5, 0.6) is 0 Å².